The minimum atomic E-state index is -2.89. The molecule has 1 saturated heterocycles. The SMILES string of the molecule is CCNC(=NCc1ccc(OC)cc1OC(F)F)NCC1(C)CCCS1. The van der Waals surface area contributed by atoms with Crippen LogP contribution in [-0.2, 0) is 6.54 Å². The van der Waals surface area contributed by atoms with Crippen LogP contribution in [0.5, 0.6) is 11.5 Å². The van der Waals surface area contributed by atoms with E-state index in [4.69, 9.17) is 4.74 Å². The van der Waals surface area contributed by atoms with Gasteiger partial charge in [0.15, 0.2) is 5.96 Å². The third-order valence-electron chi connectivity index (χ3n) is 4.17. The number of methoxy groups -OCH3 is 1. The molecule has 26 heavy (non-hydrogen) atoms. The van der Waals surface area contributed by atoms with E-state index in [1.807, 2.05) is 18.7 Å². The molecule has 1 aliphatic heterocycles. The molecule has 0 saturated carbocycles. The van der Waals surface area contributed by atoms with E-state index in [1.54, 1.807) is 12.1 Å². The molecule has 146 valence electrons. The minimum absolute atomic E-state index is 0.0808. The molecular formula is C18H27F2N3O2S. The smallest absolute Gasteiger partial charge is 0.387 e. The Bertz CT molecular complexity index is 608. The number of thioether (sulfide) groups is 1. The first-order chi connectivity index (χ1) is 12.5. The molecule has 0 aliphatic carbocycles. The minimum Gasteiger partial charge on any atom is -0.497 e. The molecular weight excluding hydrogens is 360 g/mol. The van der Waals surface area contributed by atoms with Gasteiger partial charge in [-0.25, -0.2) is 4.99 Å². The molecule has 1 fully saturated rings. The van der Waals surface area contributed by atoms with E-state index in [2.05, 4.69) is 27.3 Å². The third kappa shape index (κ3) is 6.23. The summed E-state index contributed by atoms with van der Waals surface area (Å²) in [6.07, 6.45) is 2.41. The van der Waals surface area contributed by atoms with Crippen molar-refractivity contribution in [2.45, 2.75) is 44.6 Å². The quantitative estimate of drug-likeness (QED) is 0.527. The molecule has 2 rings (SSSR count). The lowest BCUT2D eigenvalue weighted by molar-refractivity contribution is -0.0505. The first-order valence-corrected chi connectivity index (χ1v) is 9.72. The summed E-state index contributed by atoms with van der Waals surface area (Å²) in [7, 11) is 1.48. The van der Waals surface area contributed by atoms with Crippen molar-refractivity contribution in [3.8, 4) is 11.5 Å². The molecule has 1 aliphatic rings. The highest BCUT2D eigenvalue weighted by Gasteiger charge is 2.29. The van der Waals surface area contributed by atoms with Crippen LogP contribution in [0, 0.1) is 0 Å². The molecule has 1 heterocycles. The Morgan fingerprint density at radius 3 is 2.81 bits per heavy atom. The van der Waals surface area contributed by atoms with Crippen molar-refractivity contribution in [1.82, 2.24) is 10.6 Å². The van der Waals surface area contributed by atoms with Gasteiger partial charge in [0.1, 0.15) is 11.5 Å². The van der Waals surface area contributed by atoms with Gasteiger partial charge < -0.3 is 20.1 Å². The Morgan fingerprint density at radius 2 is 2.19 bits per heavy atom. The van der Waals surface area contributed by atoms with Gasteiger partial charge in [-0.15, -0.1) is 0 Å². The zero-order valence-corrected chi connectivity index (χ0v) is 16.3. The number of aliphatic imine (C=N–C) groups is 1. The number of hydrogen-bond acceptors (Lipinski definition) is 4. The molecule has 1 aromatic rings. The number of halogens is 2. The fourth-order valence-corrected chi connectivity index (χ4v) is 4.00. The van der Waals surface area contributed by atoms with Gasteiger partial charge in [-0.1, -0.05) is 0 Å². The van der Waals surface area contributed by atoms with Crippen LogP contribution in [0.3, 0.4) is 0 Å². The molecule has 1 unspecified atom stereocenters. The lowest BCUT2D eigenvalue weighted by atomic mass is 10.1. The molecule has 1 aromatic carbocycles. The average molecular weight is 387 g/mol. The summed E-state index contributed by atoms with van der Waals surface area (Å²) in [6.45, 7) is 3.10. The summed E-state index contributed by atoms with van der Waals surface area (Å²) >= 11 is 1.97. The van der Waals surface area contributed by atoms with Crippen molar-refractivity contribution in [1.29, 1.82) is 0 Å². The molecule has 0 bridgehead atoms. The second-order valence-electron chi connectivity index (χ2n) is 6.30. The Labute approximate surface area is 157 Å². The van der Waals surface area contributed by atoms with Gasteiger partial charge in [0.05, 0.1) is 13.7 Å². The van der Waals surface area contributed by atoms with Crippen LogP contribution >= 0.6 is 11.8 Å². The second-order valence-corrected chi connectivity index (χ2v) is 7.99. The number of hydrogen-bond donors (Lipinski definition) is 2. The summed E-state index contributed by atoms with van der Waals surface area (Å²) in [5, 5.41) is 6.55. The van der Waals surface area contributed by atoms with Crippen LogP contribution < -0.4 is 20.1 Å². The molecule has 5 nitrogen and oxygen atoms in total. The summed E-state index contributed by atoms with van der Waals surface area (Å²) in [6, 6.07) is 4.85. The summed E-state index contributed by atoms with van der Waals surface area (Å²) in [4.78, 5) is 4.52. The van der Waals surface area contributed by atoms with Crippen molar-refractivity contribution in [3.63, 3.8) is 0 Å². The Hall–Kier alpha value is -1.70. The predicted molar refractivity (Wildman–Crippen MR) is 103 cm³/mol. The molecule has 2 N–H and O–H groups in total. The van der Waals surface area contributed by atoms with Gasteiger partial charge in [0.25, 0.3) is 0 Å². The van der Waals surface area contributed by atoms with Crippen LogP contribution in [0.25, 0.3) is 0 Å². The highest BCUT2D eigenvalue weighted by atomic mass is 32.2. The van der Waals surface area contributed by atoms with Gasteiger partial charge in [-0.3, -0.25) is 0 Å². The largest absolute Gasteiger partial charge is 0.497 e. The van der Waals surface area contributed by atoms with Crippen LogP contribution in [0.4, 0.5) is 8.78 Å². The fourth-order valence-electron chi connectivity index (χ4n) is 2.75. The zero-order chi connectivity index (χ0) is 19.0. The van der Waals surface area contributed by atoms with Crippen molar-refractivity contribution in [3.05, 3.63) is 23.8 Å². The van der Waals surface area contributed by atoms with E-state index in [9.17, 15) is 8.78 Å². The summed E-state index contributed by atoms with van der Waals surface area (Å²) < 4.78 is 35.2. The van der Waals surface area contributed by atoms with Crippen molar-refractivity contribution >= 4 is 17.7 Å². The Morgan fingerprint density at radius 1 is 1.38 bits per heavy atom. The van der Waals surface area contributed by atoms with Crippen molar-refractivity contribution in [2.24, 2.45) is 4.99 Å². The van der Waals surface area contributed by atoms with Gasteiger partial charge in [0, 0.05) is 29.5 Å². The van der Waals surface area contributed by atoms with Gasteiger partial charge in [0.2, 0.25) is 0 Å². The molecule has 0 aromatic heterocycles. The Balaban J connectivity index is 2.07. The number of nitrogens with zero attached hydrogens (tertiary/aromatic N) is 1. The first-order valence-electron chi connectivity index (χ1n) is 8.73. The topological polar surface area (TPSA) is 54.9 Å². The fraction of sp³-hybridized carbons (Fsp3) is 0.611. The number of alkyl halides is 2. The normalized spacial score (nSPS) is 20.3. The number of benzene rings is 1. The van der Waals surface area contributed by atoms with E-state index in [0.29, 0.717) is 17.3 Å². The van der Waals surface area contributed by atoms with E-state index in [-0.39, 0.29) is 17.0 Å². The van der Waals surface area contributed by atoms with Crippen LogP contribution in [0.2, 0.25) is 0 Å². The van der Waals surface area contributed by atoms with E-state index >= 15 is 0 Å². The molecule has 0 radical (unpaired) electrons. The summed E-state index contributed by atoms with van der Waals surface area (Å²) in [5.41, 5.74) is 0.574. The maximum Gasteiger partial charge on any atom is 0.387 e. The van der Waals surface area contributed by atoms with Gasteiger partial charge >= 0.3 is 6.61 Å². The molecule has 1 atom stereocenters. The maximum absolute atomic E-state index is 12.7. The molecule has 0 spiro atoms. The lowest BCUT2D eigenvalue weighted by Gasteiger charge is -2.24. The monoisotopic (exact) mass is 387 g/mol. The zero-order valence-electron chi connectivity index (χ0n) is 15.5. The van der Waals surface area contributed by atoms with E-state index in [0.717, 1.165) is 13.1 Å². The van der Waals surface area contributed by atoms with Crippen molar-refractivity contribution < 1.29 is 18.3 Å². The van der Waals surface area contributed by atoms with Crippen LogP contribution in [0.15, 0.2) is 23.2 Å². The third-order valence-corrected chi connectivity index (χ3v) is 5.71. The number of guanidine groups is 1. The van der Waals surface area contributed by atoms with E-state index in [1.165, 1.54) is 31.8 Å². The number of rotatable bonds is 8. The van der Waals surface area contributed by atoms with Gasteiger partial charge in [-0.2, -0.15) is 20.5 Å². The van der Waals surface area contributed by atoms with Crippen LogP contribution in [0.1, 0.15) is 32.3 Å². The summed E-state index contributed by atoms with van der Waals surface area (Å²) in [5.74, 6) is 2.40. The van der Waals surface area contributed by atoms with Gasteiger partial charge in [-0.05, 0) is 44.6 Å². The predicted octanol–water partition coefficient (Wildman–Crippen LogP) is 3.64. The average Bonchev–Trinajstić information content (AvgIpc) is 3.04. The second kappa shape index (κ2) is 9.85. The van der Waals surface area contributed by atoms with E-state index < -0.39 is 6.61 Å². The molecule has 0 amide bonds. The van der Waals surface area contributed by atoms with Crippen LogP contribution in [-0.4, -0.2) is 43.3 Å². The highest BCUT2D eigenvalue weighted by Crippen LogP contribution is 2.36. The molecule has 8 heteroatoms. The highest BCUT2D eigenvalue weighted by molar-refractivity contribution is 8.00. The lowest BCUT2D eigenvalue weighted by Crippen LogP contribution is -2.43. The number of nitrogens with one attached hydrogen (secondary N) is 2. The Kier molecular flexibility index (Phi) is 7.81. The van der Waals surface area contributed by atoms with Crippen molar-refractivity contribution in [2.75, 3.05) is 26.0 Å². The first kappa shape index (κ1) is 20.6. The maximum atomic E-state index is 12.7. The number of ether oxygens (including phenoxy) is 2. The standard InChI is InChI=1S/C18H27F2N3O2S/c1-4-21-17(23-12-18(2)8-5-9-26-18)22-11-13-6-7-14(24-3)10-15(13)25-16(19)20/h6-7,10,16H,4-5,8-9,11-12H2,1-3H3,(H2,21,22,23).